The molecule has 0 spiro atoms. The highest BCUT2D eigenvalue weighted by Gasteiger charge is 2.22. The van der Waals surface area contributed by atoms with E-state index in [4.69, 9.17) is 0 Å². The molecular formula is C29H33N5O2. The van der Waals surface area contributed by atoms with Gasteiger partial charge < -0.3 is 15.7 Å². The number of nitrogens with one attached hydrogen (secondary N) is 3. The largest absolute Gasteiger partial charge is 0.393 e. The molecule has 4 aromatic rings. The first-order valence-electron chi connectivity index (χ1n) is 12.6. The first kappa shape index (κ1) is 24.0. The lowest BCUT2D eigenvalue weighted by Crippen LogP contribution is -2.28. The fraction of sp³-hybridized carbons (Fsp3) is 0.345. The molecule has 1 amide bonds. The highest BCUT2D eigenvalue weighted by molar-refractivity contribution is 6.05. The van der Waals surface area contributed by atoms with Gasteiger partial charge in [-0.25, -0.2) is 4.98 Å². The van der Waals surface area contributed by atoms with Crippen LogP contribution in [-0.4, -0.2) is 38.3 Å². The molecular weight excluding hydrogens is 450 g/mol. The number of anilines is 2. The number of pyridine rings is 1. The molecule has 1 saturated carbocycles. The van der Waals surface area contributed by atoms with Gasteiger partial charge in [-0.2, -0.15) is 5.10 Å². The summed E-state index contributed by atoms with van der Waals surface area (Å²) in [6.07, 6.45) is 4.97. The molecule has 0 saturated heterocycles. The van der Waals surface area contributed by atoms with E-state index in [0.717, 1.165) is 53.7 Å². The summed E-state index contributed by atoms with van der Waals surface area (Å²) in [6, 6.07) is 17.8. The minimum Gasteiger partial charge on any atom is -0.393 e. The van der Waals surface area contributed by atoms with Gasteiger partial charge in [-0.3, -0.25) is 9.89 Å². The van der Waals surface area contributed by atoms with E-state index >= 15 is 0 Å². The Morgan fingerprint density at radius 2 is 1.78 bits per heavy atom. The van der Waals surface area contributed by atoms with Crippen LogP contribution in [0.15, 0.2) is 60.8 Å². The number of aliphatic hydroxyl groups is 1. The van der Waals surface area contributed by atoms with Crippen LogP contribution in [0.4, 0.5) is 11.5 Å². The van der Waals surface area contributed by atoms with Crippen molar-refractivity contribution in [1.29, 1.82) is 0 Å². The van der Waals surface area contributed by atoms with E-state index in [9.17, 15) is 9.90 Å². The molecule has 186 valence electrons. The fourth-order valence-electron chi connectivity index (χ4n) is 4.80. The minimum absolute atomic E-state index is 0.0399. The maximum Gasteiger partial charge on any atom is 0.255 e. The Morgan fingerprint density at radius 3 is 2.50 bits per heavy atom. The molecule has 0 aliphatic heterocycles. The Balaban J connectivity index is 1.39. The molecule has 0 unspecified atom stereocenters. The molecule has 2 aromatic carbocycles. The number of carbonyl (C=O) groups excluding carboxylic acids is 1. The molecule has 2 aromatic heterocycles. The number of benzene rings is 2. The molecule has 0 bridgehead atoms. The second-order valence-corrected chi connectivity index (χ2v) is 10.7. The van der Waals surface area contributed by atoms with Crippen molar-refractivity contribution in [3.05, 3.63) is 71.9 Å². The Hall–Kier alpha value is -3.71. The summed E-state index contributed by atoms with van der Waals surface area (Å²) in [4.78, 5) is 17.4. The third-order valence-corrected chi connectivity index (χ3v) is 6.94. The monoisotopic (exact) mass is 483 g/mol. The van der Waals surface area contributed by atoms with Crippen LogP contribution in [0.2, 0.25) is 0 Å². The average Bonchev–Trinajstić information content (AvgIpc) is 3.28. The normalized spacial score (nSPS) is 18.2. The predicted molar refractivity (Wildman–Crippen MR) is 144 cm³/mol. The Labute approximate surface area is 211 Å². The molecule has 4 N–H and O–H groups in total. The molecule has 2 heterocycles. The number of carbonyl (C=O) groups is 1. The second kappa shape index (κ2) is 9.74. The highest BCUT2D eigenvalue weighted by atomic mass is 16.3. The smallest absolute Gasteiger partial charge is 0.255 e. The van der Waals surface area contributed by atoms with Gasteiger partial charge >= 0.3 is 0 Å². The maximum absolute atomic E-state index is 12.9. The third kappa shape index (κ3) is 5.11. The van der Waals surface area contributed by atoms with Crippen molar-refractivity contribution in [3.8, 4) is 11.1 Å². The minimum atomic E-state index is -0.203. The second-order valence-electron chi connectivity index (χ2n) is 10.7. The number of aliphatic hydroxyl groups excluding tert-OH is 1. The topological polar surface area (TPSA) is 103 Å². The van der Waals surface area contributed by atoms with Crippen LogP contribution in [0.3, 0.4) is 0 Å². The van der Waals surface area contributed by atoms with Gasteiger partial charge in [-0.1, -0.05) is 45.0 Å². The number of rotatable bonds is 5. The van der Waals surface area contributed by atoms with Crippen LogP contribution in [0.1, 0.15) is 62.4 Å². The summed E-state index contributed by atoms with van der Waals surface area (Å²) in [5, 5.41) is 24.9. The van der Waals surface area contributed by atoms with Crippen LogP contribution in [0, 0.1) is 0 Å². The van der Waals surface area contributed by atoms with Crippen molar-refractivity contribution in [3.63, 3.8) is 0 Å². The summed E-state index contributed by atoms with van der Waals surface area (Å²) in [5.41, 5.74) is 5.24. The van der Waals surface area contributed by atoms with E-state index in [1.165, 1.54) is 5.56 Å². The van der Waals surface area contributed by atoms with Gasteiger partial charge in [0.2, 0.25) is 0 Å². The van der Waals surface area contributed by atoms with Gasteiger partial charge in [0.05, 0.1) is 11.5 Å². The fourth-order valence-corrected chi connectivity index (χ4v) is 4.80. The van der Waals surface area contributed by atoms with Gasteiger partial charge in [-0.05, 0) is 78.1 Å². The Bertz CT molecular complexity index is 1360. The maximum atomic E-state index is 12.9. The number of fused-ring (bicyclic) bond motifs is 1. The summed E-state index contributed by atoms with van der Waals surface area (Å²) in [7, 11) is 0. The van der Waals surface area contributed by atoms with E-state index in [2.05, 4.69) is 46.6 Å². The molecule has 0 atom stereocenters. The summed E-state index contributed by atoms with van der Waals surface area (Å²) in [5.74, 6) is 0.625. The standard InChI is InChI=1S/C29H33N5O2/c1-29(2,3)20-9-7-18(8-10-20)28(36)32-22-6-4-5-19(17-22)24-15-16-30-26-25(24)27(34-33-26)31-21-11-13-23(35)14-12-21/h4-10,15-17,21,23,35H,11-14H2,1-3H3,(H,32,36)(H2,30,31,33,34)/t21-,23-. The van der Waals surface area contributed by atoms with E-state index in [0.29, 0.717) is 11.2 Å². The molecule has 1 aliphatic rings. The van der Waals surface area contributed by atoms with Crippen molar-refractivity contribution in [2.24, 2.45) is 0 Å². The molecule has 1 aliphatic carbocycles. The van der Waals surface area contributed by atoms with Gasteiger partial charge in [0.25, 0.3) is 5.91 Å². The number of nitrogens with zero attached hydrogens (tertiary/aromatic N) is 2. The van der Waals surface area contributed by atoms with Crippen LogP contribution >= 0.6 is 0 Å². The number of H-pyrrole nitrogens is 1. The number of hydrogen-bond donors (Lipinski definition) is 4. The van der Waals surface area contributed by atoms with E-state index in [1.54, 1.807) is 6.20 Å². The van der Waals surface area contributed by atoms with Gasteiger partial charge in [-0.15, -0.1) is 0 Å². The quantitative estimate of drug-likeness (QED) is 0.283. The van der Waals surface area contributed by atoms with Crippen LogP contribution in [0.25, 0.3) is 22.2 Å². The van der Waals surface area contributed by atoms with E-state index < -0.39 is 0 Å². The SMILES string of the molecule is CC(C)(C)c1ccc(C(=O)Nc2cccc(-c3ccnc4[nH]nc(N[C@H]5CC[C@H](O)CC5)c34)c2)cc1. The molecule has 7 heteroatoms. The van der Waals surface area contributed by atoms with Crippen molar-refractivity contribution >= 4 is 28.4 Å². The van der Waals surface area contributed by atoms with Crippen molar-refractivity contribution in [2.75, 3.05) is 10.6 Å². The van der Waals surface area contributed by atoms with E-state index in [-0.39, 0.29) is 23.5 Å². The zero-order chi connectivity index (χ0) is 25.3. The zero-order valence-corrected chi connectivity index (χ0v) is 21.0. The molecule has 5 rings (SSSR count). The summed E-state index contributed by atoms with van der Waals surface area (Å²) < 4.78 is 0. The van der Waals surface area contributed by atoms with Crippen LogP contribution in [-0.2, 0) is 5.41 Å². The first-order valence-corrected chi connectivity index (χ1v) is 12.6. The van der Waals surface area contributed by atoms with Crippen molar-refractivity contribution in [1.82, 2.24) is 15.2 Å². The lowest BCUT2D eigenvalue weighted by Gasteiger charge is -2.26. The molecule has 7 nitrogen and oxygen atoms in total. The summed E-state index contributed by atoms with van der Waals surface area (Å²) >= 11 is 0. The zero-order valence-electron chi connectivity index (χ0n) is 21.0. The van der Waals surface area contributed by atoms with Crippen molar-refractivity contribution < 1.29 is 9.90 Å². The Morgan fingerprint density at radius 1 is 1.03 bits per heavy atom. The molecule has 0 radical (unpaired) electrons. The predicted octanol–water partition coefficient (Wildman–Crippen LogP) is 5.89. The van der Waals surface area contributed by atoms with Crippen molar-refractivity contribution in [2.45, 2.75) is 64.0 Å². The lowest BCUT2D eigenvalue weighted by molar-refractivity contribution is 0.102. The summed E-state index contributed by atoms with van der Waals surface area (Å²) in [6.45, 7) is 6.47. The number of aromatic amines is 1. The third-order valence-electron chi connectivity index (χ3n) is 6.94. The number of hydrogen-bond acceptors (Lipinski definition) is 5. The number of amides is 1. The Kier molecular flexibility index (Phi) is 6.49. The van der Waals surface area contributed by atoms with Gasteiger partial charge in [0, 0.05) is 23.5 Å². The van der Waals surface area contributed by atoms with E-state index in [1.807, 2.05) is 54.6 Å². The lowest BCUT2D eigenvalue weighted by atomic mass is 9.87. The molecule has 1 fully saturated rings. The van der Waals surface area contributed by atoms with Gasteiger partial charge in [0.15, 0.2) is 11.5 Å². The average molecular weight is 484 g/mol. The first-order chi connectivity index (χ1) is 17.3. The molecule has 36 heavy (non-hydrogen) atoms. The van der Waals surface area contributed by atoms with Gasteiger partial charge in [0.1, 0.15) is 0 Å². The van der Waals surface area contributed by atoms with Crippen LogP contribution in [0.5, 0.6) is 0 Å². The van der Waals surface area contributed by atoms with Crippen LogP contribution < -0.4 is 10.6 Å². The number of aromatic nitrogens is 3. The highest BCUT2D eigenvalue weighted by Crippen LogP contribution is 2.34.